The van der Waals surface area contributed by atoms with Crippen molar-refractivity contribution in [3.05, 3.63) is 99.7 Å². The van der Waals surface area contributed by atoms with E-state index < -0.39 is 16.1 Å². The van der Waals surface area contributed by atoms with Gasteiger partial charge in [-0.1, -0.05) is 125 Å². The fourth-order valence-corrected chi connectivity index (χ4v) is 16.3. The molecule has 2 aliphatic carbocycles. The lowest BCUT2D eigenvalue weighted by Gasteiger charge is -2.53. The summed E-state index contributed by atoms with van der Waals surface area (Å²) in [6, 6.07) is 14.7. The Hall–Kier alpha value is -2.17. The van der Waals surface area contributed by atoms with E-state index in [1.54, 1.807) is 26.7 Å². The van der Waals surface area contributed by atoms with E-state index in [9.17, 15) is 0 Å². The van der Waals surface area contributed by atoms with Gasteiger partial charge in [-0.15, -0.1) is 0 Å². The Morgan fingerprint density at radius 2 is 1.31 bits per heavy atom. The van der Waals surface area contributed by atoms with Crippen LogP contribution in [0, 0.1) is 20.8 Å². The first kappa shape index (κ1) is 26.9. The van der Waals surface area contributed by atoms with Crippen molar-refractivity contribution < 1.29 is 0 Å². The van der Waals surface area contributed by atoms with Crippen LogP contribution >= 0.6 is 0 Å². The Labute approximate surface area is 223 Å². The highest BCUT2D eigenvalue weighted by atomic mass is 28.3. The molecule has 2 aromatic rings. The first-order valence-corrected chi connectivity index (χ1v) is 19.2. The molecule has 190 valence electrons. The van der Waals surface area contributed by atoms with Gasteiger partial charge in [0.05, 0.1) is 8.07 Å². The lowest BCUT2D eigenvalue weighted by Crippen LogP contribution is -2.70. The van der Waals surface area contributed by atoms with Gasteiger partial charge in [0.25, 0.3) is 0 Å². The number of hydrogen-bond donors (Lipinski definition) is 0. The van der Waals surface area contributed by atoms with Crippen molar-refractivity contribution in [3.8, 4) is 0 Å². The van der Waals surface area contributed by atoms with Crippen LogP contribution in [0.5, 0.6) is 0 Å². The van der Waals surface area contributed by atoms with Crippen LogP contribution < -0.4 is 15.6 Å². The maximum absolute atomic E-state index is 2.68. The first-order chi connectivity index (χ1) is 16.8. The summed E-state index contributed by atoms with van der Waals surface area (Å²) in [6.45, 7) is 26.8. The number of rotatable bonds is 5. The summed E-state index contributed by atoms with van der Waals surface area (Å²) in [5.41, 5.74) is 11.0. The molecule has 0 fully saturated rings. The molecule has 0 radical (unpaired) electrons. The van der Waals surface area contributed by atoms with Crippen molar-refractivity contribution >= 4 is 31.7 Å². The molecule has 2 heteroatoms. The molecule has 2 aliphatic rings. The van der Waals surface area contributed by atoms with Crippen LogP contribution in [0.3, 0.4) is 0 Å². The molecule has 36 heavy (non-hydrogen) atoms. The van der Waals surface area contributed by atoms with Crippen LogP contribution in [-0.2, 0) is 0 Å². The molecule has 2 unspecified atom stereocenters. The molecule has 2 atom stereocenters. The minimum Gasteiger partial charge on any atom is -0.0840 e. The predicted molar refractivity (Wildman–Crippen MR) is 167 cm³/mol. The molecular formula is C34H46Si2. The largest absolute Gasteiger partial charge is 0.139 e. The van der Waals surface area contributed by atoms with Crippen LogP contribution in [0.1, 0.15) is 57.7 Å². The van der Waals surface area contributed by atoms with Crippen molar-refractivity contribution in [2.75, 3.05) is 0 Å². The molecule has 0 nitrogen and oxygen atoms in total. The molecule has 0 aromatic heterocycles. The van der Waals surface area contributed by atoms with Crippen molar-refractivity contribution in [3.63, 3.8) is 0 Å². The van der Waals surface area contributed by atoms with Gasteiger partial charge in [0.15, 0.2) is 0 Å². The van der Waals surface area contributed by atoms with Gasteiger partial charge in [-0.2, -0.15) is 0 Å². The predicted octanol–water partition coefficient (Wildman–Crippen LogP) is 8.05. The van der Waals surface area contributed by atoms with Crippen LogP contribution in [0.2, 0.25) is 30.2 Å². The standard InChI is InChI=1S/C34H46Si2/c1-23-20-30(35(9,10)11)22-31(21-23)36(34(8)18-13-12-14-19-34,32-24(2)16-15-17-25(32)3)33-28(6)26(4)27(5)29(33)7/h12-18,20-22,33H,19H2,1-11H3. The second-order valence-electron chi connectivity index (χ2n) is 12.9. The summed E-state index contributed by atoms with van der Waals surface area (Å²) in [7, 11) is -4.02. The van der Waals surface area contributed by atoms with Crippen molar-refractivity contribution in [1.29, 1.82) is 0 Å². The lowest BCUT2D eigenvalue weighted by molar-refractivity contribution is 0.717. The lowest BCUT2D eigenvalue weighted by atomic mass is 10.0. The highest BCUT2D eigenvalue weighted by Crippen LogP contribution is 2.57. The maximum Gasteiger partial charge on any atom is 0.139 e. The van der Waals surface area contributed by atoms with Crippen LogP contribution in [0.4, 0.5) is 0 Å². The van der Waals surface area contributed by atoms with Gasteiger partial charge in [0, 0.05) is 5.54 Å². The quantitative estimate of drug-likeness (QED) is 0.357. The van der Waals surface area contributed by atoms with Crippen molar-refractivity contribution in [2.45, 2.75) is 92.0 Å². The van der Waals surface area contributed by atoms with E-state index >= 15 is 0 Å². The van der Waals surface area contributed by atoms with E-state index in [0.717, 1.165) is 6.42 Å². The molecule has 0 saturated heterocycles. The molecule has 0 N–H and O–H groups in total. The minimum absolute atomic E-state index is 0.0568. The Morgan fingerprint density at radius 3 is 1.81 bits per heavy atom. The van der Waals surface area contributed by atoms with Gasteiger partial charge in [-0.05, 0) is 76.3 Å². The Bertz CT molecular complexity index is 1280. The Balaban J connectivity index is 2.28. The number of benzene rings is 2. The highest BCUT2D eigenvalue weighted by Gasteiger charge is 2.59. The van der Waals surface area contributed by atoms with Gasteiger partial charge in [0.1, 0.15) is 8.07 Å². The first-order valence-electron chi connectivity index (χ1n) is 13.6. The summed E-state index contributed by atoms with van der Waals surface area (Å²) >= 11 is 0. The summed E-state index contributed by atoms with van der Waals surface area (Å²) in [6.07, 6.45) is 10.7. The average Bonchev–Trinajstić information content (AvgIpc) is 2.99. The average molecular weight is 511 g/mol. The molecule has 4 rings (SSSR count). The third-order valence-corrected chi connectivity index (χ3v) is 18.2. The van der Waals surface area contributed by atoms with Crippen LogP contribution in [-0.4, -0.2) is 16.1 Å². The van der Waals surface area contributed by atoms with Crippen LogP contribution in [0.15, 0.2) is 83.0 Å². The van der Waals surface area contributed by atoms with Gasteiger partial charge in [-0.25, -0.2) is 0 Å². The SMILES string of the molecule is CC1=C(C)C([Si](c2cc(C)cc([Si](C)(C)C)c2)(c2c(C)cccc2C)C2(C)C=CC=CC2)C(C)=C1C. The molecule has 0 spiro atoms. The molecular weight excluding hydrogens is 465 g/mol. The van der Waals surface area contributed by atoms with Crippen LogP contribution in [0.25, 0.3) is 0 Å². The fourth-order valence-electron chi connectivity index (χ4n) is 7.30. The molecule has 0 bridgehead atoms. The monoisotopic (exact) mass is 510 g/mol. The Morgan fingerprint density at radius 1 is 0.750 bits per heavy atom. The van der Waals surface area contributed by atoms with E-state index in [2.05, 4.69) is 136 Å². The van der Waals surface area contributed by atoms with Gasteiger partial charge in [0.2, 0.25) is 0 Å². The zero-order chi connectivity index (χ0) is 26.6. The molecule has 0 saturated carbocycles. The second kappa shape index (κ2) is 9.29. The molecule has 2 aromatic carbocycles. The van der Waals surface area contributed by atoms with Crippen molar-refractivity contribution in [1.82, 2.24) is 0 Å². The van der Waals surface area contributed by atoms with Gasteiger partial charge in [-0.3, -0.25) is 0 Å². The highest BCUT2D eigenvalue weighted by molar-refractivity contribution is 7.07. The van der Waals surface area contributed by atoms with E-state index in [4.69, 9.17) is 0 Å². The van der Waals surface area contributed by atoms with Crippen molar-refractivity contribution in [2.24, 2.45) is 0 Å². The molecule has 0 amide bonds. The maximum atomic E-state index is 2.68. The second-order valence-corrected chi connectivity index (χ2v) is 22.4. The fraction of sp³-hybridized carbons (Fsp3) is 0.412. The smallest absolute Gasteiger partial charge is 0.0840 e. The summed E-state index contributed by atoms with van der Waals surface area (Å²) in [5, 5.41) is 4.94. The number of aryl methyl sites for hydroxylation is 3. The van der Waals surface area contributed by atoms with Gasteiger partial charge >= 0.3 is 0 Å². The van der Waals surface area contributed by atoms with E-state index in [-0.39, 0.29) is 5.04 Å². The molecule has 0 aliphatic heterocycles. The third-order valence-electron chi connectivity index (χ3n) is 9.47. The number of hydrogen-bond acceptors (Lipinski definition) is 0. The zero-order valence-electron chi connectivity index (χ0n) is 24.6. The van der Waals surface area contributed by atoms with E-state index in [1.165, 1.54) is 27.8 Å². The zero-order valence-corrected chi connectivity index (χ0v) is 26.6. The third kappa shape index (κ3) is 4.01. The summed E-state index contributed by atoms with van der Waals surface area (Å²) in [4.78, 5) is 0. The van der Waals surface area contributed by atoms with Gasteiger partial charge < -0.3 is 0 Å². The molecule has 0 heterocycles. The van der Waals surface area contributed by atoms with E-state index in [1.807, 2.05) is 0 Å². The summed E-state index contributed by atoms with van der Waals surface area (Å²) < 4.78 is 0. The topological polar surface area (TPSA) is 0 Å². The summed E-state index contributed by atoms with van der Waals surface area (Å²) in [5.74, 6) is 0. The number of allylic oxidation sites excluding steroid dienone is 8. The Kier molecular flexibility index (Phi) is 6.94. The normalized spacial score (nSPS) is 22.5. The van der Waals surface area contributed by atoms with E-state index in [0.29, 0.717) is 5.54 Å². The minimum atomic E-state index is -2.51.